The zero-order chi connectivity index (χ0) is 32.2. The van der Waals surface area contributed by atoms with E-state index >= 15 is 0 Å². The number of carbonyl (C=O) groups excluding carboxylic acids is 2. The number of hydrogen-bond acceptors (Lipinski definition) is 10. The van der Waals surface area contributed by atoms with Crippen molar-refractivity contribution in [2.75, 3.05) is 46.4 Å². The Morgan fingerprint density at radius 2 is 1.38 bits per heavy atom. The highest BCUT2D eigenvalue weighted by Gasteiger charge is 2.22. The number of benzene rings is 2. The van der Waals surface area contributed by atoms with Gasteiger partial charge in [0.15, 0.2) is 0 Å². The number of esters is 2. The summed E-state index contributed by atoms with van der Waals surface area (Å²) in [6.07, 6.45) is 8.98. The maximum atomic E-state index is 11.9. The number of nitrogens with zero attached hydrogens (tertiary/aromatic N) is 3. The van der Waals surface area contributed by atoms with Gasteiger partial charge in [-0.25, -0.2) is 9.59 Å². The summed E-state index contributed by atoms with van der Waals surface area (Å²) in [5.41, 5.74) is 6.77. The molecule has 11 heteroatoms. The first-order valence-electron chi connectivity index (χ1n) is 14.4. The fraction of sp³-hybridized carbons (Fsp3) is 0.294. The van der Waals surface area contributed by atoms with Crippen LogP contribution in [-0.2, 0) is 35.4 Å². The Labute approximate surface area is 271 Å². The smallest absolute Gasteiger partial charge is 0.341 e. The highest BCUT2D eigenvalue weighted by Crippen LogP contribution is 2.30. The Kier molecular flexibility index (Phi) is 12.3. The summed E-state index contributed by atoms with van der Waals surface area (Å²) in [5, 5.41) is 3.27. The number of hydrogen-bond donors (Lipinski definition) is 1. The SMILES string of the molecule is Brc1cccnc1.COC(=O)c1cc2c(cc1OC)CCN(c1cccnc1)C2.COC(=O)c1cc2c(cc1OC)CCNC2. The van der Waals surface area contributed by atoms with Gasteiger partial charge in [0.2, 0.25) is 0 Å². The maximum Gasteiger partial charge on any atom is 0.341 e. The molecule has 0 aliphatic carbocycles. The summed E-state index contributed by atoms with van der Waals surface area (Å²) in [7, 11) is 5.89. The number of methoxy groups -OCH3 is 4. The van der Waals surface area contributed by atoms with Gasteiger partial charge >= 0.3 is 11.9 Å². The number of pyridine rings is 2. The molecule has 236 valence electrons. The van der Waals surface area contributed by atoms with E-state index in [1.807, 2.05) is 54.7 Å². The zero-order valence-electron chi connectivity index (χ0n) is 25.8. The van der Waals surface area contributed by atoms with Gasteiger partial charge < -0.3 is 29.2 Å². The van der Waals surface area contributed by atoms with E-state index in [4.69, 9.17) is 18.9 Å². The molecule has 1 N–H and O–H groups in total. The second-order valence-electron chi connectivity index (χ2n) is 10.1. The number of halogens is 1. The minimum atomic E-state index is -0.377. The summed E-state index contributed by atoms with van der Waals surface area (Å²) < 4.78 is 21.1. The Morgan fingerprint density at radius 3 is 1.89 bits per heavy atom. The van der Waals surface area contributed by atoms with Gasteiger partial charge in [-0.2, -0.15) is 0 Å². The number of anilines is 1. The van der Waals surface area contributed by atoms with Crippen LogP contribution >= 0.6 is 15.9 Å². The summed E-state index contributed by atoms with van der Waals surface area (Å²) in [6, 6.07) is 15.4. The van der Waals surface area contributed by atoms with Crippen LogP contribution < -0.4 is 19.7 Å². The van der Waals surface area contributed by atoms with Crippen LogP contribution in [-0.4, -0.2) is 63.4 Å². The van der Waals surface area contributed by atoms with Gasteiger partial charge in [0, 0.05) is 42.7 Å². The lowest BCUT2D eigenvalue weighted by Crippen LogP contribution is -2.30. The summed E-state index contributed by atoms with van der Waals surface area (Å²) in [6.45, 7) is 3.42. The molecule has 0 unspecified atom stereocenters. The quantitative estimate of drug-likeness (QED) is 0.275. The van der Waals surface area contributed by atoms with Crippen molar-refractivity contribution in [3.63, 3.8) is 0 Å². The van der Waals surface area contributed by atoms with Crippen LogP contribution in [0.25, 0.3) is 0 Å². The molecule has 2 aliphatic heterocycles. The standard InChI is InChI=1S/C17H18N2O3.C12H15NO3.C5H4BrN/c1-21-16-9-12-5-7-19(14-4-3-6-18-10-14)11-13(12)8-15(16)17(20)22-2;1-15-11-6-8-3-4-13-7-9(8)5-10(11)12(14)16-2;6-5-2-1-3-7-4-5/h3-4,6,8-10H,5,7,11H2,1-2H3;5-6,13H,3-4,7H2,1-2H3;1-4H. The van der Waals surface area contributed by atoms with Gasteiger partial charge in [-0.3, -0.25) is 9.97 Å². The predicted molar refractivity (Wildman–Crippen MR) is 175 cm³/mol. The average molecular weight is 678 g/mol. The first-order valence-corrected chi connectivity index (χ1v) is 15.1. The molecular formula is C34H37BrN4O6. The Morgan fingerprint density at radius 1 is 0.778 bits per heavy atom. The van der Waals surface area contributed by atoms with Gasteiger partial charge in [-0.15, -0.1) is 0 Å². The third-order valence-corrected chi connectivity index (χ3v) is 7.86. The third-order valence-electron chi connectivity index (χ3n) is 7.39. The minimum absolute atomic E-state index is 0.356. The van der Waals surface area contributed by atoms with E-state index < -0.39 is 0 Å². The molecule has 45 heavy (non-hydrogen) atoms. The maximum absolute atomic E-state index is 11.9. The molecule has 0 saturated heterocycles. The Hall–Kier alpha value is -4.48. The van der Waals surface area contributed by atoms with E-state index in [1.54, 1.807) is 32.8 Å². The first kappa shape index (κ1) is 33.4. The molecule has 10 nitrogen and oxygen atoms in total. The Bertz CT molecular complexity index is 1590. The van der Waals surface area contributed by atoms with Crippen molar-refractivity contribution in [1.29, 1.82) is 0 Å². The van der Waals surface area contributed by atoms with Crippen molar-refractivity contribution in [2.45, 2.75) is 25.9 Å². The van der Waals surface area contributed by atoms with Crippen molar-refractivity contribution < 1.29 is 28.5 Å². The van der Waals surface area contributed by atoms with Crippen molar-refractivity contribution in [3.8, 4) is 11.5 Å². The van der Waals surface area contributed by atoms with Crippen molar-refractivity contribution in [3.05, 3.63) is 111 Å². The highest BCUT2D eigenvalue weighted by atomic mass is 79.9. The number of rotatable bonds is 5. The number of fused-ring (bicyclic) bond motifs is 2. The normalized spacial score (nSPS) is 13.0. The monoisotopic (exact) mass is 676 g/mol. The minimum Gasteiger partial charge on any atom is -0.496 e. The number of ether oxygens (including phenoxy) is 4. The largest absolute Gasteiger partial charge is 0.496 e. The van der Waals surface area contributed by atoms with Crippen LogP contribution in [0.5, 0.6) is 11.5 Å². The lowest BCUT2D eigenvalue weighted by molar-refractivity contribution is 0.0587. The van der Waals surface area contributed by atoms with Gasteiger partial charge in [0.1, 0.15) is 22.6 Å². The fourth-order valence-corrected chi connectivity index (χ4v) is 5.35. The van der Waals surface area contributed by atoms with Crippen LogP contribution in [0.15, 0.2) is 77.8 Å². The van der Waals surface area contributed by atoms with Crippen LogP contribution in [0.3, 0.4) is 0 Å². The zero-order valence-corrected chi connectivity index (χ0v) is 27.4. The molecule has 0 spiro atoms. The average Bonchev–Trinajstić information content (AvgIpc) is 3.10. The molecule has 2 aromatic carbocycles. The molecule has 0 atom stereocenters. The summed E-state index contributed by atoms with van der Waals surface area (Å²) in [5.74, 6) is 0.427. The van der Waals surface area contributed by atoms with Crippen LogP contribution in [0.4, 0.5) is 5.69 Å². The van der Waals surface area contributed by atoms with Gasteiger partial charge in [-0.1, -0.05) is 0 Å². The van der Waals surface area contributed by atoms with E-state index in [0.717, 1.165) is 60.3 Å². The molecule has 2 aromatic heterocycles. The first-order chi connectivity index (χ1) is 21.9. The van der Waals surface area contributed by atoms with Crippen molar-refractivity contribution in [1.82, 2.24) is 15.3 Å². The second kappa shape index (κ2) is 16.6. The second-order valence-corrected chi connectivity index (χ2v) is 11.0. The van der Waals surface area contributed by atoms with Crippen LogP contribution in [0, 0.1) is 0 Å². The molecule has 4 aromatic rings. The van der Waals surface area contributed by atoms with E-state index in [-0.39, 0.29) is 11.9 Å². The van der Waals surface area contributed by atoms with Crippen molar-refractivity contribution in [2.24, 2.45) is 0 Å². The lowest BCUT2D eigenvalue weighted by atomic mass is 9.96. The van der Waals surface area contributed by atoms with Gasteiger partial charge in [0.25, 0.3) is 0 Å². The van der Waals surface area contributed by atoms with E-state index in [2.05, 4.69) is 36.1 Å². The predicted octanol–water partition coefficient (Wildman–Crippen LogP) is 5.41. The Balaban J connectivity index is 0.000000174. The van der Waals surface area contributed by atoms with Crippen LogP contribution in [0.2, 0.25) is 0 Å². The number of carbonyl (C=O) groups is 2. The topological polar surface area (TPSA) is 112 Å². The van der Waals surface area contributed by atoms with E-state index in [9.17, 15) is 9.59 Å². The molecule has 2 aliphatic rings. The third kappa shape index (κ3) is 8.80. The van der Waals surface area contributed by atoms with E-state index in [0.29, 0.717) is 22.6 Å². The van der Waals surface area contributed by atoms with Crippen LogP contribution in [0.1, 0.15) is 43.0 Å². The van der Waals surface area contributed by atoms with Gasteiger partial charge in [0.05, 0.1) is 40.3 Å². The molecule has 0 radical (unpaired) electrons. The molecule has 0 saturated carbocycles. The highest BCUT2D eigenvalue weighted by molar-refractivity contribution is 9.10. The number of aromatic nitrogens is 2. The van der Waals surface area contributed by atoms with Gasteiger partial charge in [-0.05, 0) is 106 Å². The lowest BCUT2D eigenvalue weighted by Gasteiger charge is -2.31. The van der Waals surface area contributed by atoms with E-state index in [1.165, 1.54) is 25.3 Å². The molecule has 0 bridgehead atoms. The summed E-state index contributed by atoms with van der Waals surface area (Å²) in [4.78, 5) is 33.7. The van der Waals surface area contributed by atoms with Crippen molar-refractivity contribution >= 4 is 33.6 Å². The molecule has 0 amide bonds. The molecule has 4 heterocycles. The number of nitrogens with one attached hydrogen (secondary N) is 1. The molecule has 6 rings (SSSR count). The molecular weight excluding hydrogens is 640 g/mol. The fourth-order valence-electron chi connectivity index (χ4n) is 5.08. The summed E-state index contributed by atoms with van der Waals surface area (Å²) >= 11 is 3.25. The molecule has 0 fully saturated rings.